The molecule has 0 aromatic heterocycles. The van der Waals surface area contributed by atoms with Crippen LogP contribution in [0.3, 0.4) is 0 Å². The molecule has 0 aromatic rings. The maximum Gasteiger partial charge on any atom is 0.305 e. The average molecular weight is 289 g/mol. The molecule has 0 spiro atoms. The first kappa shape index (κ1) is 21.4. The molecule has 0 radical (unpaired) electrons. The van der Waals surface area contributed by atoms with Crippen LogP contribution in [-0.4, -0.2) is 46.6 Å². The van der Waals surface area contributed by atoms with Crippen LogP contribution in [0.2, 0.25) is 0 Å². The quantitative estimate of drug-likeness (QED) is 0.485. The van der Waals surface area contributed by atoms with Gasteiger partial charge in [0.05, 0.1) is 18.6 Å². The molecular formula is C15H31NO4. The van der Waals surface area contributed by atoms with Gasteiger partial charge in [-0.2, -0.15) is 0 Å². The summed E-state index contributed by atoms with van der Waals surface area (Å²) >= 11 is 0. The summed E-state index contributed by atoms with van der Waals surface area (Å²) in [5.41, 5.74) is 0. The highest BCUT2D eigenvalue weighted by Crippen LogP contribution is 2.02. The number of rotatable bonds is 9. The van der Waals surface area contributed by atoms with Crippen molar-refractivity contribution in [1.82, 2.24) is 5.32 Å². The standard InChI is InChI=1S/C8H19N.C7H12O4/c1-7(2)5-9-6-8(3)4;1-2-5(8)3-6(9)4-7(10)11/h7-9H,5-6H2,1-4H3;2,5-6,8-9H,1,3-4H2,(H,10,11). The highest BCUT2D eigenvalue weighted by Gasteiger charge is 2.12. The molecule has 0 aromatic carbocycles. The summed E-state index contributed by atoms with van der Waals surface area (Å²) in [7, 11) is 0. The molecule has 4 N–H and O–H groups in total. The molecule has 2 unspecified atom stereocenters. The van der Waals surface area contributed by atoms with Crippen molar-refractivity contribution in [1.29, 1.82) is 0 Å². The molecule has 0 saturated heterocycles. The Kier molecular flexibility index (Phi) is 14.0. The summed E-state index contributed by atoms with van der Waals surface area (Å²) in [4.78, 5) is 10.0. The van der Waals surface area contributed by atoms with E-state index in [-0.39, 0.29) is 12.8 Å². The molecule has 0 bridgehead atoms. The minimum absolute atomic E-state index is 0.0236. The van der Waals surface area contributed by atoms with E-state index >= 15 is 0 Å². The van der Waals surface area contributed by atoms with Crippen LogP contribution in [0.15, 0.2) is 12.7 Å². The third-order valence-electron chi connectivity index (χ3n) is 2.30. The minimum Gasteiger partial charge on any atom is -0.481 e. The Hall–Kier alpha value is -0.910. The number of carboxylic acid groups (broad SMARTS) is 1. The van der Waals surface area contributed by atoms with Crippen molar-refractivity contribution in [3.8, 4) is 0 Å². The van der Waals surface area contributed by atoms with Gasteiger partial charge in [-0.15, -0.1) is 6.58 Å². The number of hydrogen-bond donors (Lipinski definition) is 4. The predicted molar refractivity (Wildman–Crippen MR) is 81.6 cm³/mol. The molecule has 0 rings (SSSR count). The van der Waals surface area contributed by atoms with E-state index < -0.39 is 18.2 Å². The highest BCUT2D eigenvalue weighted by atomic mass is 16.4. The van der Waals surface area contributed by atoms with Gasteiger partial charge in [0.15, 0.2) is 0 Å². The van der Waals surface area contributed by atoms with Crippen LogP contribution >= 0.6 is 0 Å². The zero-order valence-corrected chi connectivity index (χ0v) is 13.2. The van der Waals surface area contributed by atoms with E-state index in [2.05, 4.69) is 39.6 Å². The van der Waals surface area contributed by atoms with Crippen molar-refractivity contribution >= 4 is 5.97 Å². The lowest BCUT2D eigenvalue weighted by atomic mass is 10.1. The zero-order valence-electron chi connectivity index (χ0n) is 13.2. The van der Waals surface area contributed by atoms with Crippen molar-refractivity contribution in [2.45, 2.75) is 52.7 Å². The SMILES string of the molecule is C=CC(O)CC(O)CC(=O)O.CC(C)CNCC(C)C. The molecule has 0 fully saturated rings. The van der Waals surface area contributed by atoms with Crippen molar-refractivity contribution in [3.05, 3.63) is 12.7 Å². The fourth-order valence-electron chi connectivity index (χ4n) is 1.32. The fourth-order valence-corrected chi connectivity index (χ4v) is 1.32. The van der Waals surface area contributed by atoms with Crippen molar-refractivity contribution in [2.75, 3.05) is 13.1 Å². The molecule has 2 atom stereocenters. The van der Waals surface area contributed by atoms with E-state index in [1.807, 2.05) is 0 Å². The monoisotopic (exact) mass is 289 g/mol. The predicted octanol–water partition coefficient (Wildman–Crippen LogP) is 1.65. The van der Waals surface area contributed by atoms with Crippen LogP contribution < -0.4 is 5.32 Å². The van der Waals surface area contributed by atoms with E-state index in [0.29, 0.717) is 0 Å². The Labute approximate surface area is 122 Å². The molecule has 0 saturated carbocycles. The summed E-state index contributed by atoms with van der Waals surface area (Å²) in [6, 6.07) is 0. The van der Waals surface area contributed by atoms with Crippen molar-refractivity contribution in [3.63, 3.8) is 0 Å². The molecule has 5 nitrogen and oxygen atoms in total. The topological polar surface area (TPSA) is 89.8 Å². The summed E-state index contributed by atoms with van der Waals surface area (Å²) in [6.45, 7) is 14.5. The van der Waals surface area contributed by atoms with Gasteiger partial charge in [-0.1, -0.05) is 33.8 Å². The van der Waals surface area contributed by atoms with Gasteiger partial charge in [0.25, 0.3) is 0 Å². The normalized spacial score (nSPS) is 13.6. The van der Waals surface area contributed by atoms with Gasteiger partial charge in [-0.25, -0.2) is 0 Å². The second kappa shape index (κ2) is 13.1. The van der Waals surface area contributed by atoms with Gasteiger partial charge >= 0.3 is 5.97 Å². The lowest BCUT2D eigenvalue weighted by Crippen LogP contribution is -2.23. The first-order valence-electron chi connectivity index (χ1n) is 7.10. The molecule has 20 heavy (non-hydrogen) atoms. The summed E-state index contributed by atoms with van der Waals surface area (Å²) in [5.74, 6) is 0.487. The minimum atomic E-state index is -1.08. The van der Waals surface area contributed by atoms with Crippen LogP contribution in [0, 0.1) is 11.8 Å². The Morgan fingerprint density at radius 3 is 1.90 bits per heavy atom. The second-order valence-corrected chi connectivity index (χ2v) is 5.74. The highest BCUT2D eigenvalue weighted by molar-refractivity contribution is 5.67. The van der Waals surface area contributed by atoms with E-state index in [0.717, 1.165) is 24.9 Å². The Morgan fingerprint density at radius 2 is 1.60 bits per heavy atom. The van der Waals surface area contributed by atoms with E-state index in [9.17, 15) is 4.79 Å². The second-order valence-electron chi connectivity index (χ2n) is 5.74. The number of nitrogens with one attached hydrogen (secondary N) is 1. The smallest absolute Gasteiger partial charge is 0.305 e. The molecule has 5 heteroatoms. The van der Waals surface area contributed by atoms with Gasteiger partial charge < -0.3 is 20.6 Å². The largest absolute Gasteiger partial charge is 0.481 e. The molecule has 0 aliphatic rings. The number of aliphatic hydroxyl groups excluding tert-OH is 2. The van der Waals surface area contributed by atoms with Crippen LogP contribution in [-0.2, 0) is 4.79 Å². The van der Waals surface area contributed by atoms with E-state index in [4.69, 9.17) is 15.3 Å². The zero-order chi connectivity index (χ0) is 16.1. The lowest BCUT2D eigenvalue weighted by molar-refractivity contribution is -0.139. The molecular weight excluding hydrogens is 258 g/mol. The van der Waals surface area contributed by atoms with Gasteiger partial charge in [0.1, 0.15) is 0 Å². The third-order valence-corrected chi connectivity index (χ3v) is 2.30. The van der Waals surface area contributed by atoms with Crippen LogP contribution in [0.25, 0.3) is 0 Å². The number of hydrogen-bond acceptors (Lipinski definition) is 4. The van der Waals surface area contributed by atoms with Gasteiger partial charge in [-0.3, -0.25) is 4.79 Å². The molecule has 0 amide bonds. The number of aliphatic hydroxyl groups is 2. The molecule has 120 valence electrons. The van der Waals surface area contributed by atoms with Crippen LogP contribution in [0.5, 0.6) is 0 Å². The lowest BCUT2D eigenvalue weighted by Gasteiger charge is -2.09. The summed E-state index contributed by atoms with van der Waals surface area (Å²) in [6.07, 6.45) is -0.893. The average Bonchev–Trinajstić information content (AvgIpc) is 2.27. The Bertz CT molecular complexity index is 246. The van der Waals surface area contributed by atoms with Crippen LogP contribution in [0.4, 0.5) is 0 Å². The number of carbonyl (C=O) groups is 1. The van der Waals surface area contributed by atoms with Gasteiger partial charge in [0.2, 0.25) is 0 Å². The summed E-state index contributed by atoms with van der Waals surface area (Å²) in [5, 5.41) is 29.4. The maximum atomic E-state index is 10.0. The van der Waals surface area contributed by atoms with Gasteiger partial charge in [0, 0.05) is 6.42 Å². The first-order valence-corrected chi connectivity index (χ1v) is 7.10. The molecule has 0 aliphatic carbocycles. The Balaban J connectivity index is 0. The number of aliphatic carboxylic acids is 1. The molecule has 0 aliphatic heterocycles. The summed E-state index contributed by atoms with van der Waals surface area (Å²) < 4.78 is 0. The first-order chi connectivity index (χ1) is 9.18. The van der Waals surface area contributed by atoms with Gasteiger partial charge in [-0.05, 0) is 24.9 Å². The number of carboxylic acids is 1. The van der Waals surface area contributed by atoms with Crippen molar-refractivity contribution < 1.29 is 20.1 Å². The van der Waals surface area contributed by atoms with E-state index in [1.165, 1.54) is 6.08 Å². The fraction of sp³-hybridized carbons (Fsp3) is 0.800. The third kappa shape index (κ3) is 19.4. The van der Waals surface area contributed by atoms with E-state index in [1.54, 1.807) is 0 Å². The Morgan fingerprint density at radius 1 is 1.15 bits per heavy atom. The van der Waals surface area contributed by atoms with Crippen molar-refractivity contribution in [2.24, 2.45) is 11.8 Å². The maximum absolute atomic E-state index is 10.0. The molecule has 0 heterocycles. The van der Waals surface area contributed by atoms with Crippen LogP contribution in [0.1, 0.15) is 40.5 Å².